The normalized spacial score (nSPS) is 11.0. The van der Waals surface area contributed by atoms with Gasteiger partial charge < -0.3 is 14.3 Å². The Labute approximate surface area is 102 Å². The Hall–Kier alpha value is -1.00. The van der Waals surface area contributed by atoms with Gasteiger partial charge >= 0.3 is 0 Å². The molecule has 0 aliphatic carbocycles. The van der Waals surface area contributed by atoms with Crippen LogP contribution in [0.2, 0.25) is 0 Å². The molecule has 0 radical (unpaired) electrons. The molecule has 0 saturated heterocycles. The van der Waals surface area contributed by atoms with Crippen molar-refractivity contribution >= 4 is 26.9 Å². The standard InChI is InChI=1S/C12H13BrO3/c1-7-5-9-11(13)8(3-4-14)6-10(15-2)12(9)16-7/h5-6,14H,3-4H2,1-2H3. The van der Waals surface area contributed by atoms with Crippen molar-refractivity contribution in [1.82, 2.24) is 0 Å². The van der Waals surface area contributed by atoms with E-state index in [4.69, 9.17) is 14.3 Å². The van der Waals surface area contributed by atoms with Gasteiger partial charge in [-0.1, -0.05) is 0 Å². The molecule has 0 fully saturated rings. The van der Waals surface area contributed by atoms with Gasteiger partial charge in [0.25, 0.3) is 0 Å². The molecule has 2 rings (SSSR count). The molecule has 2 aromatic rings. The fraction of sp³-hybridized carbons (Fsp3) is 0.333. The van der Waals surface area contributed by atoms with Crippen LogP contribution in [0.4, 0.5) is 0 Å². The number of hydrogen-bond acceptors (Lipinski definition) is 3. The molecule has 0 aliphatic rings. The highest BCUT2D eigenvalue weighted by Gasteiger charge is 2.14. The third kappa shape index (κ3) is 1.83. The van der Waals surface area contributed by atoms with Gasteiger partial charge in [0.2, 0.25) is 0 Å². The van der Waals surface area contributed by atoms with Crippen LogP contribution in [0.25, 0.3) is 11.0 Å². The zero-order valence-electron chi connectivity index (χ0n) is 9.21. The predicted molar refractivity (Wildman–Crippen MR) is 66.0 cm³/mol. The number of hydrogen-bond donors (Lipinski definition) is 1. The lowest BCUT2D eigenvalue weighted by molar-refractivity contribution is 0.299. The van der Waals surface area contributed by atoms with Crippen LogP contribution in [0.3, 0.4) is 0 Å². The minimum absolute atomic E-state index is 0.115. The summed E-state index contributed by atoms with van der Waals surface area (Å²) in [5.74, 6) is 1.55. The molecule has 0 atom stereocenters. The molecule has 16 heavy (non-hydrogen) atoms. The summed E-state index contributed by atoms with van der Waals surface area (Å²) >= 11 is 3.53. The van der Waals surface area contributed by atoms with E-state index in [9.17, 15) is 0 Å². The van der Waals surface area contributed by atoms with Crippen molar-refractivity contribution in [3.63, 3.8) is 0 Å². The molecule has 1 aromatic carbocycles. The molecule has 4 heteroatoms. The summed E-state index contributed by atoms with van der Waals surface area (Å²) in [4.78, 5) is 0. The third-order valence-corrected chi connectivity index (χ3v) is 3.44. The first-order valence-electron chi connectivity index (χ1n) is 5.03. The van der Waals surface area contributed by atoms with Crippen molar-refractivity contribution in [1.29, 1.82) is 0 Å². The molecule has 0 saturated carbocycles. The number of benzene rings is 1. The number of aliphatic hydroxyl groups excluding tert-OH is 1. The van der Waals surface area contributed by atoms with Crippen LogP contribution in [0.5, 0.6) is 5.75 Å². The number of aryl methyl sites for hydroxylation is 1. The van der Waals surface area contributed by atoms with Gasteiger partial charge in [0.05, 0.1) is 7.11 Å². The fourth-order valence-electron chi connectivity index (χ4n) is 1.77. The molecule has 0 unspecified atom stereocenters. The molecule has 1 N–H and O–H groups in total. The summed E-state index contributed by atoms with van der Waals surface area (Å²) in [6, 6.07) is 3.86. The summed E-state index contributed by atoms with van der Waals surface area (Å²) in [6.45, 7) is 2.02. The van der Waals surface area contributed by atoms with Gasteiger partial charge in [-0.15, -0.1) is 0 Å². The highest BCUT2D eigenvalue weighted by molar-refractivity contribution is 9.10. The number of halogens is 1. The molecule has 1 aromatic heterocycles. The van der Waals surface area contributed by atoms with E-state index >= 15 is 0 Å². The Kier molecular flexibility index (Phi) is 3.21. The molecule has 0 spiro atoms. The summed E-state index contributed by atoms with van der Waals surface area (Å²) in [5.41, 5.74) is 1.77. The van der Waals surface area contributed by atoms with E-state index in [2.05, 4.69) is 15.9 Å². The zero-order valence-corrected chi connectivity index (χ0v) is 10.8. The fourth-order valence-corrected chi connectivity index (χ4v) is 2.38. The lowest BCUT2D eigenvalue weighted by Crippen LogP contribution is -1.94. The Morgan fingerprint density at radius 2 is 2.19 bits per heavy atom. The van der Waals surface area contributed by atoms with Crippen molar-refractivity contribution in [3.8, 4) is 5.75 Å². The van der Waals surface area contributed by atoms with E-state index in [1.54, 1.807) is 7.11 Å². The molecule has 1 heterocycles. The van der Waals surface area contributed by atoms with E-state index in [0.29, 0.717) is 12.2 Å². The SMILES string of the molecule is COc1cc(CCO)c(Br)c2cc(C)oc12. The first-order valence-corrected chi connectivity index (χ1v) is 5.83. The maximum absolute atomic E-state index is 9.00. The summed E-state index contributed by atoms with van der Waals surface area (Å²) in [5, 5.41) is 9.99. The summed E-state index contributed by atoms with van der Waals surface area (Å²) in [7, 11) is 1.61. The van der Waals surface area contributed by atoms with E-state index in [1.165, 1.54) is 0 Å². The van der Waals surface area contributed by atoms with Crippen molar-refractivity contribution < 1.29 is 14.3 Å². The average Bonchev–Trinajstić information content (AvgIpc) is 2.65. The Bertz CT molecular complexity index is 516. The Morgan fingerprint density at radius 3 is 2.81 bits per heavy atom. The van der Waals surface area contributed by atoms with Gasteiger partial charge in [-0.3, -0.25) is 0 Å². The van der Waals surface area contributed by atoms with Gasteiger partial charge in [-0.25, -0.2) is 0 Å². The van der Waals surface area contributed by atoms with Crippen molar-refractivity contribution in [2.24, 2.45) is 0 Å². The number of fused-ring (bicyclic) bond motifs is 1. The molecular weight excluding hydrogens is 272 g/mol. The number of furan rings is 1. The minimum atomic E-state index is 0.115. The molecule has 86 valence electrons. The molecule has 0 amide bonds. The maximum atomic E-state index is 9.00. The number of aliphatic hydroxyl groups is 1. The van der Waals surface area contributed by atoms with E-state index < -0.39 is 0 Å². The predicted octanol–water partition coefficient (Wildman–Crippen LogP) is 3.05. The quantitative estimate of drug-likeness (QED) is 0.942. The third-order valence-electron chi connectivity index (χ3n) is 2.50. The van der Waals surface area contributed by atoms with Crippen LogP contribution in [-0.4, -0.2) is 18.8 Å². The van der Waals surface area contributed by atoms with Crippen LogP contribution >= 0.6 is 15.9 Å². The average molecular weight is 285 g/mol. The first kappa shape index (κ1) is 11.5. The highest BCUT2D eigenvalue weighted by Crippen LogP contribution is 2.37. The van der Waals surface area contributed by atoms with Gasteiger partial charge in [0.15, 0.2) is 11.3 Å². The largest absolute Gasteiger partial charge is 0.493 e. The molecule has 0 bridgehead atoms. The topological polar surface area (TPSA) is 42.6 Å². The maximum Gasteiger partial charge on any atom is 0.177 e. The van der Waals surface area contributed by atoms with Crippen LogP contribution < -0.4 is 4.74 Å². The second kappa shape index (κ2) is 4.47. The number of methoxy groups -OCH3 is 1. The zero-order chi connectivity index (χ0) is 11.7. The smallest absolute Gasteiger partial charge is 0.177 e. The van der Waals surface area contributed by atoms with Crippen LogP contribution in [0.15, 0.2) is 21.0 Å². The lowest BCUT2D eigenvalue weighted by Gasteiger charge is -2.07. The van der Waals surface area contributed by atoms with Crippen molar-refractivity contribution in [2.45, 2.75) is 13.3 Å². The second-order valence-electron chi connectivity index (χ2n) is 3.63. The van der Waals surface area contributed by atoms with Crippen molar-refractivity contribution in [3.05, 3.63) is 27.9 Å². The summed E-state index contributed by atoms with van der Waals surface area (Å²) in [6.07, 6.45) is 0.594. The number of ether oxygens (including phenoxy) is 1. The Morgan fingerprint density at radius 1 is 1.44 bits per heavy atom. The van der Waals surface area contributed by atoms with Gasteiger partial charge in [-0.2, -0.15) is 0 Å². The highest BCUT2D eigenvalue weighted by atomic mass is 79.9. The summed E-state index contributed by atoms with van der Waals surface area (Å²) < 4.78 is 11.8. The monoisotopic (exact) mass is 284 g/mol. The second-order valence-corrected chi connectivity index (χ2v) is 4.42. The number of rotatable bonds is 3. The Balaban J connectivity index is 2.71. The van der Waals surface area contributed by atoms with Gasteiger partial charge in [-0.05, 0) is 47.0 Å². The van der Waals surface area contributed by atoms with Crippen LogP contribution in [0.1, 0.15) is 11.3 Å². The van der Waals surface area contributed by atoms with Gasteiger partial charge in [0, 0.05) is 16.5 Å². The van der Waals surface area contributed by atoms with Gasteiger partial charge in [0.1, 0.15) is 5.76 Å². The first-order chi connectivity index (χ1) is 7.67. The van der Waals surface area contributed by atoms with Crippen molar-refractivity contribution in [2.75, 3.05) is 13.7 Å². The van der Waals surface area contributed by atoms with Crippen LogP contribution in [0, 0.1) is 6.92 Å². The molecule has 3 nitrogen and oxygen atoms in total. The molecular formula is C12H13BrO3. The van der Waals surface area contributed by atoms with Crippen LogP contribution in [-0.2, 0) is 6.42 Å². The van der Waals surface area contributed by atoms with E-state index in [-0.39, 0.29) is 6.61 Å². The van der Waals surface area contributed by atoms with E-state index in [1.807, 2.05) is 19.1 Å². The minimum Gasteiger partial charge on any atom is -0.493 e. The molecule has 0 aliphatic heterocycles. The lowest BCUT2D eigenvalue weighted by atomic mass is 10.1. The van der Waals surface area contributed by atoms with E-state index in [0.717, 1.165) is 26.8 Å².